The van der Waals surface area contributed by atoms with Crippen molar-refractivity contribution in [3.05, 3.63) is 71.3 Å². The summed E-state index contributed by atoms with van der Waals surface area (Å²) in [5.41, 5.74) is 9.84. The Morgan fingerprint density at radius 3 is 2.29 bits per heavy atom. The van der Waals surface area contributed by atoms with Crippen LogP contribution in [0.5, 0.6) is 0 Å². The molecule has 58 heavy (non-hydrogen) atoms. The Morgan fingerprint density at radius 2 is 1.62 bits per heavy atom. The van der Waals surface area contributed by atoms with E-state index in [0.29, 0.717) is 43.3 Å². The van der Waals surface area contributed by atoms with Crippen LogP contribution in [0.4, 0.5) is 22.1 Å². The maximum absolute atomic E-state index is 12.7. The Balaban J connectivity index is 0.799. The fourth-order valence-electron chi connectivity index (χ4n) is 9.59. The van der Waals surface area contributed by atoms with Crippen LogP contribution in [0.1, 0.15) is 84.6 Å². The Hall–Kier alpha value is -5.31. The number of likely N-dealkylation sites (N-methyl/N-ethyl adjacent to an activating group) is 2. The number of aromatic nitrogens is 3. The lowest BCUT2D eigenvalue weighted by molar-refractivity contribution is -0.134. The summed E-state index contributed by atoms with van der Waals surface area (Å²) in [6.45, 7) is 8.31. The molecule has 5 aliphatic heterocycles. The molecular weight excluding hydrogens is 735 g/mol. The summed E-state index contributed by atoms with van der Waals surface area (Å²) in [5.74, 6) is 1.85. The Bertz CT molecular complexity index is 1960. The van der Waals surface area contributed by atoms with Gasteiger partial charge in [0, 0.05) is 72.8 Å². The van der Waals surface area contributed by atoms with Crippen molar-refractivity contribution in [2.75, 3.05) is 87.7 Å². The fraction of sp³-hybridized carbons (Fsp3) is 0.558. The summed E-state index contributed by atoms with van der Waals surface area (Å²) in [5, 5.41) is 2.44. The summed E-state index contributed by atoms with van der Waals surface area (Å²) < 4.78 is 0. The molecule has 0 aliphatic carbocycles. The number of imide groups is 1. The predicted molar refractivity (Wildman–Crippen MR) is 222 cm³/mol. The molecule has 7 heterocycles. The Labute approximate surface area is 340 Å². The van der Waals surface area contributed by atoms with E-state index in [1.807, 2.05) is 42.2 Å². The number of anilines is 3. The van der Waals surface area contributed by atoms with Crippen LogP contribution in [0, 0.1) is 5.92 Å². The molecule has 2 atom stereocenters. The fourth-order valence-corrected chi connectivity index (χ4v) is 9.59. The van der Waals surface area contributed by atoms with Crippen molar-refractivity contribution in [3.63, 3.8) is 0 Å². The molecule has 5 aliphatic rings. The first-order valence-electron chi connectivity index (χ1n) is 21.1. The molecule has 0 saturated carbocycles. The molecule has 15 heteroatoms. The van der Waals surface area contributed by atoms with Gasteiger partial charge in [0.25, 0.3) is 5.91 Å². The van der Waals surface area contributed by atoms with Gasteiger partial charge in [-0.1, -0.05) is 24.3 Å². The lowest BCUT2D eigenvalue weighted by atomic mass is 9.87. The van der Waals surface area contributed by atoms with Crippen LogP contribution >= 0.6 is 0 Å². The highest BCUT2D eigenvalue weighted by Gasteiger charge is 2.35. The zero-order valence-corrected chi connectivity index (χ0v) is 33.9. The number of urea groups is 1. The largest absolute Gasteiger partial charge is 0.364 e. The van der Waals surface area contributed by atoms with E-state index in [-0.39, 0.29) is 35.6 Å². The minimum Gasteiger partial charge on any atom is -0.364 e. The third-order valence-corrected chi connectivity index (χ3v) is 13.2. The number of primary amides is 1. The standard InChI is InChI=1S/C43H57N11O4/c1-49-22-23-54(43(49)58)34-4-3-17-53(28-34)38-26-46-40(41(44)56)35(47-38)24-29-5-7-31(8-6-29)32-15-18-51(19-16-32)27-30-13-20-52(21-14-30)37-11-9-33(25-45-37)50(2)36-10-12-39(55)48-42(36)57/h5-9,11,25-26,30,32,34,36H,3-4,10,12-24,27-28H2,1-2H3,(H2,44,56)(H,48,55,57)/t34-,36?/m1/s1. The first-order valence-corrected chi connectivity index (χ1v) is 21.1. The molecular formula is C43H57N11O4. The van der Waals surface area contributed by atoms with Crippen LogP contribution in [0.15, 0.2) is 48.8 Å². The number of carbonyl (C=O) groups excluding carboxylic acids is 4. The van der Waals surface area contributed by atoms with Gasteiger partial charge in [-0.25, -0.2) is 19.7 Å². The summed E-state index contributed by atoms with van der Waals surface area (Å²) in [6.07, 6.45) is 11.3. The highest BCUT2D eigenvalue weighted by Crippen LogP contribution is 2.32. The molecule has 308 valence electrons. The molecule has 1 unspecified atom stereocenters. The normalized spacial score (nSPS) is 22.8. The smallest absolute Gasteiger partial charge is 0.320 e. The van der Waals surface area contributed by atoms with Gasteiger partial charge in [-0.3, -0.25) is 19.7 Å². The molecule has 1 aromatic carbocycles. The van der Waals surface area contributed by atoms with Gasteiger partial charge in [-0.15, -0.1) is 0 Å². The van der Waals surface area contributed by atoms with E-state index in [1.165, 1.54) is 5.56 Å². The minimum atomic E-state index is -0.578. The SMILES string of the molecule is CN1CCN([C@@H]2CCCN(c3cnc(C(N)=O)c(Cc4ccc(C5CCN(CC6CCN(c7ccc(N(C)C8CCC(=O)NC8=O)cn7)CC6)CC5)cc4)n3)C2)C1=O. The number of nitrogens with one attached hydrogen (secondary N) is 1. The number of amides is 5. The zero-order valence-electron chi connectivity index (χ0n) is 33.9. The molecule has 0 spiro atoms. The third kappa shape index (κ3) is 8.74. The van der Waals surface area contributed by atoms with E-state index in [1.54, 1.807) is 11.1 Å². The first-order chi connectivity index (χ1) is 28.1. The zero-order chi connectivity index (χ0) is 40.3. The number of likely N-dealkylation sites (tertiary alicyclic amines) is 1. The first kappa shape index (κ1) is 39.5. The lowest BCUT2D eigenvalue weighted by Crippen LogP contribution is -2.51. The molecule has 0 radical (unpaired) electrons. The number of rotatable bonds is 11. The predicted octanol–water partition coefficient (Wildman–Crippen LogP) is 3.23. The second-order valence-electron chi connectivity index (χ2n) is 16.9. The topological polar surface area (TPSA) is 164 Å². The van der Waals surface area contributed by atoms with Crippen LogP contribution < -0.4 is 25.8 Å². The van der Waals surface area contributed by atoms with Gasteiger partial charge in [0.2, 0.25) is 11.8 Å². The monoisotopic (exact) mass is 791 g/mol. The van der Waals surface area contributed by atoms with Crippen LogP contribution in [0.2, 0.25) is 0 Å². The van der Waals surface area contributed by atoms with Crippen molar-refractivity contribution in [1.82, 2.24) is 35.0 Å². The van der Waals surface area contributed by atoms with Crippen molar-refractivity contribution in [2.45, 2.75) is 75.8 Å². The molecule has 8 rings (SSSR count). The molecule has 3 N–H and O–H groups in total. The molecule has 2 aromatic heterocycles. The van der Waals surface area contributed by atoms with Crippen LogP contribution in [-0.4, -0.2) is 138 Å². The van der Waals surface area contributed by atoms with Gasteiger partial charge in [0.05, 0.1) is 29.8 Å². The maximum atomic E-state index is 12.7. The Kier molecular flexibility index (Phi) is 11.8. The van der Waals surface area contributed by atoms with Gasteiger partial charge in [0.1, 0.15) is 23.4 Å². The number of carbonyl (C=O) groups is 4. The molecule has 0 bridgehead atoms. The van der Waals surface area contributed by atoms with Crippen molar-refractivity contribution in [2.24, 2.45) is 11.7 Å². The lowest BCUT2D eigenvalue weighted by Gasteiger charge is -2.38. The van der Waals surface area contributed by atoms with Gasteiger partial charge >= 0.3 is 6.03 Å². The average Bonchev–Trinajstić information content (AvgIpc) is 3.58. The number of hydrogen-bond donors (Lipinski definition) is 2. The van der Waals surface area contributed by atoms with E-state index in [9.17, 15) is 19.2 Å². The van der Waals surface area contributed by atoms with Crippen LogP contribution in [0.25, 0.3) is 0 Å². The molecule has 5 fully saturated rings. The second-order valence-corrected chi connectivity index (χ2v) is 16.9. The van der Waals surface area contributed by atoms with Gasteiger partial charge in [0.15, 0.2) is 0 Å². The van der Waals surface area contributed by atoms with Gasteiger partial charge in [-0.05, 0) is 93.1 Å². The van der Waals surface area contributed by atoms with Crippen LogP contribution in [0.3, 0.4) is 0 Å². The third-order valence-electron chi connectivity index (χ3n) is 13.2. The van der Waals surface area contributed by atoms with Crippen molar-refractivity contribution in [1.29, 1.82) is 0 Å². The number of pyridine rings is 1. The van der Waals surface area contributed by atoms with E-state index in [0.717, 1.165) is 114 Å². The molecule has 5 amide bonds. The summed E-state index contributed by atoms with van der Waals surface area (Å²) in [4.78, 5) is 76.0. The summed E-state index contributed by atoms with van der Waals surface area (Å²) in [6, 6.07) is 12.7. The average molecular weight is 792 g/mol. The number of nitrogens with two attached hydrogens (primary N) is 1. The number of hydrogen-bond acceptors (Lipinski definition) is 11. The van der Waals surface area contributed by atoms with E-state index in [2.05, 4.69) is 49.3 Å². The molecule has 3 aromatic rings. The highest BCUT2D eigenvalue weighted by atomic mass is 16.2. The number of benzene rings is 1. The van der Waals surface area contributed by atoms with E-state index < -0.39 is 5.91 Å². The van der Waals surface area contributed by atoms with E-state index in [4.69, 9.17) is 15.7 Å². The molecule has 15 nitrogen and oxygen atoms in total. The van der Waals surface area contributed by atoms with E-state index >= 15 is 0 Å². The quantitative estimate of drug-likeness (QED) is 0.274. The molecule has 5 saturated heterocycles. The van der Waals surface area contributed by atoms with Crippen LogP contribution in [-0.2, 0) is 16.0 Å². The van der Waals surface area contributed by atoms with Gasteiger partial charge < -0.3 is 35.1 Å². The maximum Gasteiger partial charge on any atom is 0.320 e. The Morgan fingerprint density at radius 1 is 0.845 bits per heavy atom. The highest BCUT2D eigenvalue weighted by molar-refractivity contribution is 6.01. The van der Waals surface area contributed by atoms with Crippen molar-refractivity contribution >= 4 is 41.1 Å². The number of piperidine rings is 4. The summed E-state index contributed by atoms with van der Waals surface area (Å²) in [7, 11) is 3.73. The minimum absolute atomic E-state index is 0.0858. The van der Waals surface area contributed by atoms with Crippen molar-refractivity contribution in [3.8, 4) is 0 Å². The second kappa shape index (κ2) is 17.3. The van der Waals surface area contributed by atoms with Crippen molar-refractivity contribution < 1.29 is 19.2 Å². The summed E-state index contributed by atoms with van der Waals surface area (Å²) >= 11 is 0. The van der Waals surface area contributed by atoms with Gasteiger partial charge in [-0.2, -0.15) is 0 Å². The number of nitrogens with zero attached hydrogens (tertiary/aromatic N) is 9.